The normalized spacial score (nSPS) is 16.1. The molecule has 9 rings (SSSR count). The van der Waals surface area contributed by atoms with E-state index < -0.39 is 0 Å². The van der Waals surface area contributed by atoms with Gasteiger partial charge in [-0.15, -0.1) is 0 Å². The summed E-state index contributed by atoms with van der Waals surface area (Å²) in [5, 5.41) is 10.0. The van der Waals surface area contributed by atoms with Crippen LogP contribution in [0.15, 0.2) is 152 Å². The Morgan fingerprint density at radius 3 is 1.81 bits per heavy atom. The molecule has 1 aromatic heterocycles. The Kier molecular flexibility index (Phi) is 6.86. The van der Waals surface area contributed by atoms with Crippen LogP contribution in [0.25, 0.3) is 56.8 Å². The van der Waals surface area contributed by atoms with Gasteiger partial charge < -0.3 is 10.6 Å². The van der Waals surface area contributed by atoms with Gasteiger partial charge in [0.25, 0.3) is 0 Å². The van der Waals surface area contributed by atoms with Crippen LogP contribution in [-0.4, -0.2) is 15.0 Å². The molecule has 5 nitrogen and oxygen atoms in total. The molecule has 0 aliphatic carbocycles. The van der Waals surface area contributed by atoms with Crippen molar-refractivity contribution in [1.82, 2.24) is 15.0 Å². The van der Waals surface area contributed by atoms with Gasteiger partial charge in [0.1, 0.15) is 6.04 Å². The van der Waals surface area contributed by atoms with Crippen molar-refractivity contribution in [2.45, 2.75) is 12.1 Å². The minimum absolute atomic E-state index is 0.0308. The van der Waals surface area contributed by atoms with Crippen molar-refractivity contribution in [2.75, 3.05) is 10.6 Å². The lowest BCUT2D eigenvalue weighted by atomic mass is 9.93. The summed E-state index contributed by atoms with van der Waals surface area (Å²) < 4.78 is 0. The number of nitrogens with one attached hydrogen (secondary N) is 2. The van der Waals surface area contributed by atoms with Gasteiger partial charge in [-0.1, -0.05) is 152 Å². The van der Waals surface area contributed by atoms with E-state index in [0.29, 0.717) is 17.5 Å². The third-order valence-corrected chi connectivity index (χ3v) is 9.14. The fraction of sp³-hybridized carbons (Fsp3) is 0.0465. The van der Waals surface area contributed by atoms with Gasteiger partial charge in [-0.3, -0.25) is 0 Å². The largest absolute Gasteiger partial charge is 0.374 e. The van der Waals surface area contributed by atoms with Gasteiger partial charge in [-0.2, -0.15) is 0 Å². The summed E-state index contributed by atoms with van der Waals surface area (Å²) in [5.74, 6) is 2.00. The zero-order valence-corrected chi connectivity index (χ0v) is 26.1. The van der Waals surface area contributed by atoms with E-state index in [-0.39, 0.29) is 12.1 Å². The van der Waals surface area contributed by atoms with Crippen LogP contribution in [0.3, 0.4) is 0 Å². The molecule has 0 saturated heterocycles. The van der Waals surface area contributed by atoms with Crippen LogP contribution >= 0.6 is 0 Å². The second kappa shape index (κ2) is 11.8. The highest BCUT2D eigenvalue weighted by Crippen LogP contribution is 2.38. The lowest BCUT2D eigenvalue weighted by molar-refractivity contribution is 0.837. The van der Waals surface area contributed by atoms with Crippen LogP contribution in [0.5, 0.6) is 0 Å². The van der Waals surface area contributed by atoms with Crippen molar-refractivity contribution in [2.24, 2.45) is 0 Å². The third kappa shape index (κ3) is 5.21. The van der Waals surface area contributed by atoms with Crippen molar-refractivity contribution in [3.63, 3.8) is 0 Å². The molecule has 0 radical (unpaired) electrons. The maximum absolute atomic E-state index is 4.96. The molecule has 0 fully saturated rings. The maximum Gasteiger partial charge on any atom is 0.163 e. The molecule has 2 atom stereocenters. The smallest absolute Gasteiger partial charge is 0.163 e. The average Bonchev–Trinajstić information content (AvgIpc) is 3.17. The minimum atomic E-state index is -0.209. The van der Waals surface area contributed by atoms with E-state index in [1.807, 2.05) is 60.7 Å². The molecule has 0 amide bonds. The molecule has 2 unspecified atom stereocenters. The Morgan fingerprint density at radius 2 is 1.06 bits per heavy atom. The highest BCUT2D eigenvalue weighted by molar-refractivity contribution is 5.97. The van der Waals surface area contributed by atoms with E-state index in [1.165, 1.54) is 33.0 Å². The van der Waals surface area contributed by atoms with E-state index in [2.05, 4.69) is 114 Å². The topological polar surface area (TPSA) is 62.7 Å². The first-order chi connectivity index (χ1) is 23.7. The average molecular weight is 618 g/mol. The minimum Gasteiger partial charge on any atom is -0.374 e. The molecular formula is C43H31N5. The summed E-state index contributed by atoms with van der Waals surface area (Å²) in [4.78, 5) is 14.8. The predicted molar refractivity (Wildman–Crippen MR) is 197 cm³/mol. The Balaban J connectivity index is 1.02. The summed E-state index contributed by atoms with van der Waals surface area (Å²) in [5.41, 5.74) is 10.0. The number of nitrogens with zero attached hydrogens (tertiary/aromatic N) is 3. The predicted octanol–water partition coefficient (Wildman–Crippen LogP) is 10.4. The molecule has 228 valence electrons. The van der Waals surface area contributed by atoms with Crippen LogP contribution in [0.2, 0.25) is 0 Å². The van der Waals surface area contributed by atoms with E-state index in [9.17, 15) is 0 Å². The van der Waals surface area contributed by atoms with Crippen molar-refractivity contribution >= 4 is 34.3 Å². The summed E-state index contributed by atoms with van der Waals surface area (Å²) in [6, 6.07) is 48.4. The molecule has 7 aromatic rings. The zero-order valence-electron chi connectivity index (χ0n) is 26.1. The van der Waals surface area contributed by atoms with Gasteiger partial charge in [-0.25, -0.2) is 15.0 Å². The number of anilines is 2. The van der Waals surface area contributed by atoms with Crippen molar-refractivity contribution in [1.29, 1.82) is 0 Å². The number of hydrogen-bond donors (Lipinski definition) is 2. The lowest BCUT2D eigenvalue weighted by Gasteiger charge is -2.26. The van der Waals surface area contributed by atoms with E-state index in [1.54, 1.807) is 0 Å². The SMILES string of the molecule is C1=CC(c2ccc3c(c2)NC(c2nc(-c4ccccc4)nc(-c4ccccc4)n2)C=C3)Nc2cc(-c3cccc4ccccc34)ccc21. The molecule has 0 spiro atoms. The fourth-order valence-corrected chi connectivity index (χ4v) is 6.65. The second-order valence-electron chi connectivity index (χ2n) is 12.2. The van der Waals surface area contributed by atoms with Gasteiger partial charge in [-0.05, 0) is 50.7 Å². The number of aromatic nitrogens is 3. The highest BCUT2D eigenvalue weighted by atomic mass is 15.1. The first-order valence-electron chi connectivity index (χ1n) is 16.3. The number of hydrogen-bond acceptors (Lipinski definition) is 5. The molecule has 0 saturated carbocycles. The Labute approximate surface area is 279 Å². The number of benzene rings is 6. The third-order valence-electron chi connectivity index (χ3n) is 9.14. The van der Waals surface area contributed by atoms with Crippen LogP contribution in [-0.2, 0) is 0 Å². The van der Waals surface area contributed by atoms with Crippen LogP contribution in [0, 0.1) is 0 Å². The fourth-order valence-electron chi connectivity index (χ4n) is 6.65. The second-order valence-corrected chi connectivity index (χ2v) is 12.2. The summed E-state index contributed by atoms with van der Waals surface area (Å²) in [6.45, 7) is 0. The quantitative estimate of drug-likeness (QED) is 0.201. The standard InChI is InChI=1S/C43H31N5/c1-3-11-31(12-4-1)41-46-42(32-13-5-2-6-14-32)48-43(47-41)38-25-23-30-19-21-34(27-40(30)45-38)37-24-22-29-18-20-33(26-39(29)44-37)36-17-9-15-28-10-7-8-16-35(28)36/h1-27,37-38,44-45H. The Hall–Kier alpha value is -6.33. The van der Waals surface area contributed by atoms with Crippen molar-refractivity contribution in [3.05, 3.63) is 174 Å². The highest BCUT2D eigenvalue weighted by Gasteiger charge is 2.22. The maximum atomic E-state index is 4.96. The Morgan fingerprint density at radius 1 is 0.458 bits per heavy atom. The first-order valence-corrected chi connectivity index (χ1v) is 16.3. The molecule has 2 aliphatic heterocycles. The van der Waals surface area contributed by atoms with Gasteiger partial charge >= 0.3 is 0 Å². The van der Waals surface area contributed by atoms with Gasteiger partial charge in [0.05, 0.1) is 6.04 Å². The van der Waals surface area contributed by atoms with Crippen LogP contribution in [0.4, 0.5) is 11.4 Å². The van der Waals surface area contributed by atoms with Crippen molar-refractivity contribution < 1.29 is 0 Å². The summed E-state index contributed by atoms with van der Waals surface area (Å²) >= 11 is 0. The van der Waals surface area contributed by atoms with Gasteiger partial charge in [0, 0.05) is 22.5 Å². The van der Waals surface area contributed by atoms with Gasteiger partial charge in [0.15, 0.2) is 17.5 Å². The number of fused-ring (bicyclic) bond motifs is 3. The molecule has 2 aliphatic rings. The molecular weight excluding hydrogens is 587 g/mol. The van der Waals surface area contributed by atoms with Crippen LogP contribution < -0.4 is 10.6 Å². The lowest BCUT2D eigenvalue weighted by Crippen LogP contribution is -2.18. The number of rotatable bonds is 5. The monoisotopic (exact) mass is 617 g/mol. The first kappa shape index (κ1) is 27.9. The van der Waals surface area contributed by atoms with E-state index in [0.717, 1.165) is 28.1 Å². The molecule has 5 heteroatoms. The Bertz CT molecular complexity index is 2300. The molecule has 2 N–H and O–H groups in total. The summed E-state index contributed by atoms with van der Waals surface area (Å²) in [7, 11) is 0. The molecule has 6 aromatic carbocycles. The molecule has 3 heterocycles. The van der Waals surface area contributed by atoms with E-state index in [4.69, 9.17) is 15.0 Å². The molecule has 48 heavy (non-hydrogen) atoms. The molecule has 0 bridgehead atoms. The van der Waals surface area contributed by atoms with Crippen LogP contribution in [0.1, 0.15) is 34.6 Å². The van der Waals surface area contributed by atoms with Gasteiger partial charge in [0.2, 0.25) is 0 Å². The summed E-state index contributed by atoms with van der Waals surface area (Å²) in [6.07, 6.45) is 8.75. The van der Waals surface area contributed by atoms with E-state index >= 15 is 0 Å². The van der Waals surface area contributed by atoms with Crippen molar-refractivity contribution in [3.8, 4) is 33.9 Å². The zero-order chi connectivity index (χ0) is 31.9.